The van der Waals surface area contributed by atoms with Gasteiger partial charge in [-0.3, -0.25) is 24.3 Å². The first-order valence-corrected chi connectivity index (χ1v) is 9.51. The highest BCUT2D eigenvalue weighted by Gasteiger charge is 2.36. The lowest BCUT2D eigenvalue weighted by molar-refractivity contribution is 0.0385. The van der Waals surface area contributed by atoms with E-state index in [0.717, 1.165) is 49.1 Å². The molecule has 3 heterocycles. The Bertz CT molecular complexity index is 838. The van der Waals surface area contributed by atoms with Gasteiger partial charge in [0.25, 0.3) is 11.8 Å². The molecule has 2 aliphatic rings. The number of aryl methyl sites for hydroxylation is 1. The monoisotopic (exact) mass is 384 g/mol. The minimum Gasteiger partial charge on any atom is -0.390 e. The molecule has 2 aromatic rings. The van der Waals surface area contributed by atoms with Gasteiger partial charge in [0.1, 0.15) is 0 Å². The molecular weight excluding hydrogens is 360 g/mol. The van der Waals surface area contributed by atoms with Crippen LogP contribution >= 0.6 is 0 Å². The Morgan fingerprint density at radius 1 is 1.04 bits per heavy atom. The number of hydrogen-bond donors (Lipinski definition) is 1. The maximum Gasteiger partial charge on any atom is 0.261 e. The highest BCUT2D eigenvalue weighted by atomic mass is 16.5. The fraction of sp³-hybridized carbons (Fsp3) is 0.450. The van der Waals surface area contributed by atoms with Crippen molar-refractivity contribution in [2.75, 3.05) is 39.3 Å². The molecule has 8 nitrogen and oxygen atoms in total. The molecule has 0 aliphatic carbocycles. The van der Waals surface area contributed by atoms with Crippen LogP contribution < -0.4 is 0 Å². The Labute approximate surface area is 163 Å². The standard InChI is InChI=1S/C20H24N4O4/c1-14-10-16(28-21-14)13-23-8-6-22(7-9-23)11-15(25)12-24-19(26)17-4-2-3-5-18(17)20(24)27/h2-5,10,15,25H,6-9,11-13H2,1H3. The summed E-state index contributed by atoms with van der Waals surface area (Å²) in [6.07, 6.45) is -0.773. The fourth-order valence-electron chi connectivity index (χ4n) is 3.81. The van der Waals surface area contributed by atoms with Crippen molar-refractivity contribution in [3.63, 3.8) is 0 Å². The second-order valence-electron chi connectivity index (χ2n) is 7.43. The van der Waals surface area contributed by atoms with Crippen LogP contribution in [0, 0.1) is 6.92 Å². The van der Waals surface area contributed by atoms with E-state index in [1.165, 1.54) is 0 Å². The molecule has 1 aromatic carbocycles. The lowest BCUT2D eigenvalue weighted by atomic mass is 10.1. The third-order valence-electron chi connectivity index (χ3n) is 5.26. The van der Waals surface area contributed by atoms with Crippen LogP contribution in [-0.4, -0.2) is 82.1 Å². The van der Waals surface area contributed by atoms with Crippen molar-refractivity contribution in [3.8, 4) is 0 Å². The second-order valence-corrected chi connectivity index (χ2v) is 7.43. The molecule has 1 atom stereocenters. The molecule has 0 spiro atoms. The highest BCUT2D eigenvalue weighted by molar-refractivity contribution is 6.21. The number of aromatic nitrogens is 1. The van der Waals surface area contributed by atoms with Crippen LogP contribution in [0.1, 0.15) is 32.2 Å². The molecule has 0 radical (unpaired) electrons. The second kappa shape index (κ2) is 7.83. The Morgan fingerprint density at radius 3 is 2.21 bits per heavy atom. The van der Waals surface area contributed by atoms with Gasteiger partial charge in [0.2, 0.25) is 0 Å². The smallest absolute Gasteiger partial charge is 0.261 e. The molecule has 2 amide bonds. The average molecular weight is 384 g/mol. The third kappa shape index (κ3) is 3.84. The van der Waals surface area contributed by atoms with E-state index >= 15 is 0 Å². The summed E-state index contributed by atoms with van der Waals surface area (Å²) >= 11 is 0. The van der Waals surface area contributed by atoms with Gasteiger partial charge < -0.3 is 9.63 Å². The molecule has 8 heteroatoms. The van der Waals surface area contributed by atoms with Crippen molar-refractivity contribution in [1.29, 1.82) is 0 Å². The van der Waals surface area contributed by atoms with Gasteiger partial charge in [-0.1, -0.05) is 17.3 Å². The number of nitrogens with zero attached hydrogens (tertiary/aromatic N) is 4. The van der Waals surface area contributed by atoms with E-state index in [9.17, 15) is 14.7 Å². The van der Waals surface area contributed by atoms with E-state index in [0.29, 0.717) is 17.7 Å². The number of aliphatic hydroxyl groups is 1. The van der Waals surface area contributed by atoms with Gasteiger partial charge in [0, 0.05) is 38.8 Å². The van der Waals surface area contributed by atoms with Gasteiger partial charge in [-0.25, -0.2) is 0 Å². The minimum absolute atomic E-state index is 0.0178. The summed E-state index contributed by atoms with van der Waals surface area (Å²) in [5, 5.41) is 14.4. The van der Waals surface area contributed by atoms with E-state index < -0.39 is 6.10 Å². The zero-order chi connectivity index (χ0) is 19.7. The average Bonchev–Trinajstić information content (AvgIpc) is 3.20. The first kappa shape index (κ1) is 18.8. The largest absolute Gasteiger partial charge is 0.390 e. The number of piperazine rings is 1. The number of carbonyl (C=O) groups is 2. The number of rotatable bonds is 6. The van der Waals surface area contributed by atoms with Gasteiger partial charge in [0.15, 0.2) is 5.76 Å². The number of aliphatic hydroxyl groups excluding tert-OH is 1. The van der Waals surface area contributed by atoms with E-state index in [1.807, 2.05) is 13.0 Å². The topological polar surface area (TPSA) is 90.1 Å². The molecule has 1 aromatic heterocycles. The first-order valence-electron chi connectivity index (χ1n) is 9.51. The van der Waals surface area contributed by atoms with Gasteiger partial charge in [-0.05, 0) is 19.1 Å². The quantitative estimate of drug-likeness (QED) is 0.736. The van der Waals surface area contributed by atoms with Crippen molar-refractivity contribution in [1.82, 2.24) is 19.9 Å². The fourth-order valence-corrected chi connectivity index (χ4v) is 3.81. The number of imide groups is 1. The van der Waals surface area contributed by atoms with Crippen LogP contribution in [0.15, 0.2) is 34.9 Å². The number of hydrogen-bond acceptors (Lipinski definition) is 7. The summed E-state index contributed by atoms with van der Waals surface area (Å²) in [6.45, 7) is 6.43. The van der Waals surface area contributed by atoms with Crippen LogP contribution in [0.4, 0.5) is 0 Å². The summed E-state index contributed by atoms with van der Waals surface area (Å²) in [5.41, 5.74) is 1.71. The molecule has 0 saturated carbocycles. The molecule has 4 rings (SSSR count). The number of β-amino-alcohol motifs (C(OH)–C–C–N with tert-alkyl or cyclic N) is 1. The van der Waals surface area contributed by atoms with Gasteiger partial charge in [0.05, 0.1) is 36.0 Å². The Balaban J connectivity index is 1.26. The number of fused-ring (bicyclic) bond motifs is 1. The molecule has 1 fully saturated rings. The Morgan fingerprint density at radius 2 is 1.64 bits per heavy atom. The molecule has 1 N–H and O–H groups in total. The molecule has 28 heavy (non-hydrogen) atoms. The number of amides is 2. The zero-order valence-electron chi connectivity index (χ0n) is 15.9. The summed E-state index contributed by atoms with van der Waals surface area (Å²) in [7, 11) is 0. The molecule has 0 bridgehead atoms. The van der Waals surface area contributed by atoms with Crippen molar-refractivity contribution in [2.24, 2.45) is 0 Å². The molecule has 2 aliphatic heterocycles. The lowest BCUT2D eigenvalue weighted by Gasteiger charge is -2.35. The minimum atomic E-state index is -0.773. The molecule has 1 unspecified atom stereocenters. The van der Waals surface area contributed by atoms with E-state index in [2.05, 4.69) is 15.0 Å². The van der Waals surface area contributed by atoms with Crippen LogP contribution in [0.2, 0.25) is 0 Å². The zero-order valence-corrected chi connectivity index (χ0v) is 15.9. The SMILES string of the molecule is Cc1cc(CN2CCN(CC(O)CN3C(=O)c4ccccc4C3=O)CC2)on1. The van der Waals surface area contributed by atoms with Crippen molar-refractivity contribution in [2.45, 2.75) is 19.6 Å². The maximum absolute atomic E-state index is 12.4. The van der Waals surface area contributed by atoms with Gasteiger partial charge in [-0.15, -0.1) is 0 Å². The van der Waals surface area contributed by atoms with Crippen molar-refractivity contribution >= 4 is 11.8 Å². The third-order valence-corrected chi connectivity index (χ3v) is 5.26. The summed E-state index contributed by atoms with van der Waals surface area (Å²) in [6, 6.07) is 8.72. The Hall–Kier alpha value is -2.55. The lowest BCUT2D eigenvalue weighted by Crippen LogP contribution is -2.50. The predicted octanol–water partition coefficient (Wildman–Crippen LogP) is 0.758. The highest BCUT2D eigenvalue weighted by Crippen LogP contribution is 2.22. The van der Waals surface area contributed by atoms with Crippen LogP contribution in [0.5, 0.6) is 0 Å². The Kier molecular flexibility index (Phi) is 5.25. The van der Waals surface area contributed by atoms with Crippen LogP contribution in [0.25, 0.3) is 0 Å². The van der Waals surface area contributed by atoms with Crippen LogP contribution in [-0.2, 0) is 6.54 Å². The first-order chi connectivity index (χ1) is 13.5. The maximum atomic E-state index is 12.4. The normalized spacial score (nSPS) is 19.3. The molecule has 148 valence electrons. The van der Waals surface area contributed by atoms with Crippen LogP contribution in [0.3, 0.4) is 0 Å². The van der Waals surface area contributed by atoms with Gasteiger partial charge in [-0.2, -0.15) is 0 Å². The van der Waals surface area contributed by atoms with E-state index in [-0.39, 0.29) is 18.4 Å². The predicted molar refractivity (Wildman–Crippen MR) is 101 cm³/mol. The summed E-state index contributed by atoms with van der Waals surface area (Å²) in [4.78, 5) is 30.4. The number of carbonyl (C=O) groups excluding carboxylic acids is 2. The van der Waals surface area contributed by atoms with E-state index in [1.54, 1.807) is 24.3 Å². The molecule has 1 saturated heterocycles. The molecular formula is C20H24N4O4. The summed E-state index contributed by atoms with van der Waals surface area (Å²) < 4.78 is 5.26. The van der Waals surface area contributed by atoms with Crippen molar-refractivity contribution < 1.29 is 19.2 Å². The van der Waals surface area contributed by atoms with E-state index in [4.69, 9.17) is 4.52 Å². The van der Waals surface area contributed by atoms with Gasteiger partial charge >= 0.3 is 0 Å². The number of benzene rings is 1. The summed E-state index contributed by atoms with van der Waals surface area (Å²) in [5.74, 6) is 0.204. The van der Waals surface area contributed by atoms with Crippen molar-refractivity contribution in [3.05, 3.63) is 52.9 Å².